The monoisotopic (exact) mass is 237 g/mol. The summed E-state index contributed by atoms with van der Waals surface area (Å²) in [5, 5.41) is 27.1. The Labute approximate surface area is 98.9 Å². The minimum absolute atomic E-state index is 0.120. The van der Waals surface area contributed by atoms with Gasteiger partial charge in [0.05, 0.1) is 6.42 Å². The molecule has 0 spiro atoms. The maximum atomic E-state index is 10.5. The average molecular weight is 237 g/mol. The van der Waals surface area contributed by atoms with E-state index in [1.807, 2.05) is 0 Å². The van der Waals surface area contributed by atoms with Crippen LogP contribution in [0.25, 0.3) is 0 Å². The second-order valence-corrected chi connectivity index (χ2v) is 4.48. The molecule has 0 saturated carbocycles. The van der Waals surface area contributed by atoms with E-state index >= 15 is 0 Å². The molecule has 0 aromatic heterocycles. The quantitative estimate of drug-likeness (QED) is 0.681. The Morgan fingerprint density at radius 3 is 2.59 bits per heavy atom. The number of phenols is 2. The molecule has 1 aliphatic rings. The molecule has 1 fully saturated rings. The van der Waals surface area contributed by atoms with Crippen LogP contribution in [0.2, 0.25) is 0 Å². The summed E-state index contributed by atoms with van der Waals surface area (Å²) in [6, 6.07) is 4.73. The van der Waals surface area contributed by atoms with Gasteiger partial charge in [0.1, 0.15) is 0 Å². The average Bonchev–Trinajstić information content (AvgIpc) is 2.19. The normalized spacial score (nSPS) is 16.7. The number of aromatic hydroxyl groups is 2. The van der Waals surface area contributed by atoms with Gasteiger partial charge in [0.15, 0.2) is 11.5 Å². The molecule has 5 heteroatoms. The molecule has 0 bridgehead atoms. The van der Waals surface area contributed by atoms with E-state index in [0.717, 1.165) is 18.7 Å². The van der Waals surface area contributed by atoms with Crippen LogP contribution >= 0.6 is 0 Å². The van der Waals surface area contributed by atoms with E-state index in [1.165, 1.54) is 12.1 Å². The number of carbonyl (C=O) groups is 1. The van der Waals surface area contributed by atoms with Crippen LogP contribution in [0.1, 0.15) is 12.0 Å². The zero-order valence-electron chi connectivity index (χ0n) is 9.33. The van der Waals surface area contributed by atoms with Crippen molar-refractivity contribution in [2.24, 2.45) is 5.92 Å². The van der Waals surface area contributed by atoms with Crippen LogP contribution in [0.3, 0.4) is 0 Å². The Morgan fingerprint density at radius 2 is 2.00 bits per heavy atom. The third-order valence-electron chi connectivity index (χ3n) is 2.94. The molecule has 0 amide bonds. The molecule has 5 nitrogen and oxygen atoms in total. The van der Waals surface area contributed by atoms with Crippen LogP contribution in [-0.2, 0) is 11.3 Å². The van der Waals surface area contributed by atoms with E-state index in [0.29, 0.717) is 6.54 Å². The highest BCUT2D eigenvalue weighted by atomic mass is 16.4. The van der Waals surface area contributed by atoms with Crippen LogP contribution in [0.4, 0.5) is 0 Å². The molecule has 0 unspecified atom stereocenters. The van der Waals surface area contributed by atoms with Crippen molar-refractivity contribution in [3.63, 3.8) is 0 Å². The summed E-state index contributed by atoms with van der Waals surface area (Å²) in [6.45, 7) is 2.21. The lowest BCUT2D eigenvalue weighted by molar-refractivity contribution is -0.139. The first-order valence-electron chi connectivity index (χ1n) is 5.49. The fourth-order valence-corrected chi connectivity index (χ4v) is 2.11. The fraction of sp³-hybridized carbons (Fsp3) is 0.417. The summed E-state index contributed by atoms with van der Waals surface area (Å²) in [5.41, 5.74) is 0.911. The number of aliphatic carboxylic acids is 1. The summed E-state index contributed by atoms with van der Waals surface area (Å²) < 4.78 is 0. The van der Waals surface area contributed by atoms with Gasteiger partial charge in [-0.05, 0) is 23.6 Å². The highest BCUT2D eigenvalue weighted by Gasteiger charge is 2.28. The summed E-state index contributed by atoms with van der Waals surface area (Å²) in [7, 11) is 0. The lowest BCUT2D eigenvalue weighted by atomic mass is 9.96. The number of phenolic OH excluding ortho intramolecular Hbond substituents is 2. The van der Waals surface area contributed by atoms with Gasteiger partial charge in [-0.3, -0.25) is 9.69 Å². The highest BCUT2D eigenvalue weighted by molar-refractivity contribution is 5.67. The number of carboxylic acid groups (broad SMARTS) is 1. The van der Waals surface area contributed by atoms with Crippen molar-refractivity contribution in [3.05, 3.63) is 23.8 Å². The van der Waals surface area contributed by atoms with Crippen LogP contribution < -0.4 is 0 Å². The van der Waals surface area contributed by atoms with Gasteiger partial charge in [-0.15, -0.1) is 0 Å². The van der Waals surface area contributed by atoms with E-state index in [-0.39, 0.29) is 23.8 Å². The van der Waals surface area contributed by atoms with Gasteiger partial charge in [-0.25, -0.2) is 0 Å². The second kappa shape index (κ2) is 4.63. The van der Waals surface area contributed by atoms with Gasteiger partial charge in [0.2, 0.25) is 0 Å². The predicted octanol–water partition coefficient (Wildman–Crippen LogP) is 1.00. The number of carboxylic acids is 1. The number of hydrogen-bond acceptors (Lipinski definition) is 4. The molecule has 2 rings (SSSR count). The first-order valence-corrected chi connectivity index (χ1v) is 5.49. The van der Waals surface area contributed by atoms with Crippen LogP contribution in [0.15, 0.2) is 18.2 Å². The molecule has 3 N–H and O–H groups in total. The minimum atomic E-state index is -0.753. The van der Waals surface area contributed by atoms with Crippen molar-refractivity contribution in [1.82, 2.24) is 4.90 Å². The first kappa shape index (κ1) is 11.7. The van der Waals surface area contributed by atoms with Gasteiger partial charge >= 0.3 is 5.97 Å². The smallest absolute Gasteiger partial charge is 0.303 e. The Balaban J connectivity index is 1.83. The van der Waals surface area contributed by atoms with Crippen molar-refractivity contribution in [2.45, 2.75) is 13.0 Å². The first-order chi connectivity index (χ1) is 8.04. The lowest BCUT2D eigenvalue weighted by Crippen LogP contribution is -2.46. The number of nitrogens with zero attached hydrogens (tertiary/aromatic N) is 1. The Morgan fingerprint density at radius 1 is 1.29 bits per heavy atom. The Kier molecular flexibility index (Phi) is 3.19. The number of hydrogen-bond donors (Lipinski definition) is 3. The van der Waals surface area contributed by atoms with Crippen molar-refractivity contribution >= 4 is 5.97 Å². The molecule has 1 aliphatic heterocycles. The molecular formula is C12H15NO4. The lowest BCUT2D eigenvalue weighted by Gasteiger charge is -2.38. The molecule has 0 aliphatic carbocycles. The SMILES string of the molecule is O=C(O)CC1CN(Cc2ccc(O)c(O)c2)C1. The van der Waals surface area contributed by atoms with Gasteiger partial charge in [-0.1, -0.05) is 6.07 Å². The molecule has 0 atom stereocenters. The topological polar surface area (TPSA) is 81.0 Å². The van der Waals surface area contributed by atoms with E-state index < -0.39 is 5.97 Å². The van der Waals surface area contributed by atoms with Gasteiger partial charge in [0, 0.05) is 19.6 Å². The number of benzene rings is 1. The third kappa shape index (κ3) is 2.88. The maximum absolute atomic E-state index is 10.5. The van der Waals surface area contributed by atoms with Crippen molar-refractivity contribution in [2.75, 3.05) is 13.1 Å². The van der Waals surface area contributed by atoms with E-state index in [1.54, 1.807) is 6.07 Å². The largest absolute Gasteiger partial charge is 0.504 e. The molecule has 1 heterocycles. The Hall–Kier alpha value is -1.75. The van der Waals surface area contributed by atoms with E-state index in [9.17, 15) is 9.90 Å². The fourth-order valence-electron chi connectivity index (χ4n) is 2.11. The summed E-state index contributed by atoms with van der Waals surface area (Å²) in [6.07, 6.45) is 0.220. The molecule has 0 radical (unpaired) electrons. The minimum Gasteiger partial charge on any atom is -0.504 e. The zero-order valence-corrected chi connectivity index (χ0v) is 9.33. The maximum Gasteiger partial charge on any atom is 0.303 e. The molecule has 1 saturated heterocycles. The molecule has 1 aromatic rings. The van der Waals surface area contributed by atoms with Crippen molar-refractivity contribution in [3.8, 4) is 11.5 Å². The molecule has 92 valence electrons. The standard InChI is InChI=1S/C12H15NO4/c14-10-2-1-8(3-11(10)15)5-13-6-9(7-13)4-12(16)17/h1-3,9,14-15H,4-7H2,(H,16,17). The Bertz CT molecular complexity index is 427. The summed E-state index contributed by atoms with van der Waals surface area (Å²) in [5.74, 6) is -0.763. The second-order valence-electron chi connectivity index (χ2n) is 4.48. The zero-order chi connectivity index (χ0) is 12.4. The van der Waals surface area contributed by atoms with E-state index in [4.69, 9.17) is 10.2 Å². The predicted molar refractivity (Wildman–Crippen MR) is 60.8 cm³/mol. The van der Waals surface area contributed by atoms with Crippen LogP contribution in [0.5, 0.6) is 11.5 Å². The van der Waals surface area contributed by atoms with Gasteiger partial charge in [0.25, 0.3) is 0 Å². The van der Waals surface area contributed by atoms with Crippen LogP contribution in [0, 0.1) is 5.92 Å². The van der Waals surface area contributed by atoms with Crippen molar-refractivity contribution < 1.29 is 20.1 Å². The van der Waals surface area contributed by atoms with E-state index in [2.05, 4.69) is 4.90 Å². The number of rotatable bonds is 4. The van der Waals surface area contributed by atoms with Crippen molar-refractivity contribution in [1.29, 1.82) is 0 Å². The molecule has 17 heavy (non-hydrogen) atoms. The summed E-state index contributed by atoms with van der Waals surface area (Å²) in [4.78, 5) is 12.6. The highest BCUT2D eigenvalue weighted by Crippen LogP contribution is 2.27. The van der Waals surface area contributed by atoms with Gasteiger partial charge < -0.3 is 15.3 Å². The van der Waals surface area contributed by atoms with Gasteiger partial charge in [-0.2, -0.15) is 0 Å². The molecule has 1 aromatic carbocycles. The number of likely N-dealkylation sites (tertiary alicyclic amines) is 1. The molecular weight excluding hydrogens is 222 g/mol. The summed E-state index contributed by atoms with van der Waals surface area (Å²) >= 11 is 0. The third-order valence-corrected chi connectivity index (χ3v) is 2.94. The van der Waals surface area contributed by atoms with Crippen LogP contribution in [-0.4, -0.2) is 39.3 Å².